The Kier molecular flexibility index (Phi) is 7.53. The molecule has 1 aliphatic carbocycles. The Morgan fingerprint density at radius 3 is 2.46 bits per heavy atom. The van der Waals surface area contributed by atoms with Crippen LogP contribution in [-0.4, -0.2) is 57.9 Å². The minimum Gasteiger partial charge on any atom is -0.475 e. The average molecular weight is 551 g/mol. The van der Waals surface area contributed by atoms with Crippen molar-refractivity contribution in [2.24, 2.45) is 5.92 Å². The lowest BCUT2D eigenvalue weighted by atomic mass is 9.99. The molecule has 10 nitrogen and oxygen atoms in total. The van der Waals surface area contributed by atoms with Gasteiger partial charge in [0.2, 0.25) is 11.8 Å². The Morgan fingerprint density at radius 1 is 1.05 bits per heavy atom. The summed E-state index contributed by atoms with van der Waals surface area (Å²) in [5.74, 6) is 0.0338. The highest BCUT2D eigenvalue weighted by Gasteiger charge is 2.36. The maximum absolute atomic E-state index is 13.9. The second-order valence-corrected chi connectivity index (χ2v) is 12.4. The lowest BCUT2D eigenvalue weighted by Crippen LogP contribution is -2.49. The molecule has 2 aliphatic rings. The fourth-order valence-electron chi connectivity index (χ4n) is 5.58. The van der Waals surface area contributed by atoms with E-state index in [-0.39, 0.29) is 53.1 Å². The van der Waals surface area contributed by atoms with Crippen molar-refractivity contribution in [3.8, 4) is 17.1 Å². The molecule has 11 heteroatoms. The van der Waals surface area contributed by atoms with Crippen molar-refractivity contribution >= 4 is 21.9 Å². The van der Waals surface area contributed by atoms with Crippen LogP contribution < -0.4 is 9.46 Å². The van der Waals surface area contributed by atoms with Crippen LogP contribution in [0, 0.1) is 19.8 Å². The van der Waals surface area contributed by atoms with Gasteiger partial charge in [0, 0.05) is 17.7 Å². The van der Waals surface area contributed by atoms with E-state index in [2.05, 4.69) is 38.5 Å². The molecule has 1 N–H and O–H groups in total. The smallest absolute Gasteiger partial charge is 0.283 e. The van der Waals surface area contributed by atoms with Crippen LogP contribution in [0.3, 0.4) is 0 Å². The maximum Gasteiger partial charge on any atom is 0.283 e. The summed E-state index contributed by atoms with van der Waals surface area (Å²) >= 11 is 0. The van der Waals surface area contributed by atoms with Gasteiger partial charge in [0.15, 0.2) is 5.03 Å². The number of nitrogens with zero attached hydrogens (tertiary/aromatic N) is 5. The number of hydrogen-bond acceptors (Lipinski definition) is 8. The van der Waals surface area contributed by atoms with Crippen molar-refractivity contribution < 1.29 is 17.9 Å². The summed E-state index contributed by atoms with van der Waals surface area (Å²) in [7, 11) is -4.25. The van der Waals surface area contributed by atoms with E-state index in [1.807, 2.05) is 36.9 Å². The Morgan fingerprint density at radius 2 is 1.77 bits per heavy atom. The van der Waals surface area contributed by atoms with Crippen LogP contribution in [0.25, 0.3) is 11.3 Å². The zero-order chi connectivity index (χ0) is 27.7. The molecule has 1 aliphatic heterocycles. The van der Waals surface area contributed by atoms with E-state index in [0.717, 1.165) is 48.6 Å². The molecule has 39 heavy (non-hydrogen) atoms. The molecule has 5 rings (SSSR count). The van der Waals surface area contributed by atoms with Crippen LogP contribution in [0.4, 0.5) is 5.95 Å². The molecule has 3 heterocycles. The van der Waals surface area contributed by atoms with E-state index in [9.17, 15) is 13.2 Å². The van der Waals surface area contributed by atoms with Gasteiger partial charge in [0.05, 0.1) is 24.1 Å². The average Bonchev–Trinajstić information content (AvgIpc) is 3.40. The maximum atomic E-state index is 13.9. The van der Waals surface area contributed by atoms with Gasteiger partial charge < -0.3 is 9.64 Å². The first-order chi connectivity index (χ1) is 18.6. The SMILES string of the molecule is Cc1cccc(C)c1-c1cc2nc(n1)NS(=O)(=O)c1cncc(n1)C(=O)N(C1CCCC1)[C@H](CC(C)C)CO2. The van der Waals surface area contributed by atoms with E-state index in [1.165, 1.54) is 6.20 Å². The van der Waals surface area contributed by atoms with E-state index in [0.29, 0.717) is 12.1 Å². The van der Waals surface area contributed by atoms with Gasteiger partial charge in [-0.05, 0) is 50.2 Å². The number of aromatic nitrogens is 4. The number of rotatable bonds is 4. The predicted octanol–water partition coefficient (Wildman–Crippen LogP) is 4.54. The molecule has 1 atom stereocenters. The zero-order valence-electron chi connectivity index (χ0n) is 22.7. The monoisotopic (exact) mass is 550 g/mol. The number of carbonyl (C=O) groups is 1. The van der Waals surface area contributed by atoms with Gasteiger partial charge in [-0.2, -0.15) is 13.4 Å². The van der Waals surface area contributed by atoms with Crippen LogP contribution >= 0.6 is 0 Å². The second-order valence-electron chi connectivity index (χ2n) is 10.8. The van der Waals surface area contributed by atoms with Crippen molar-refractivity contribution in [3.63, 3.8) is 0 Å². The third kappa shape index (κ3) is 5.73. The number of nitrogens with one attached hydrogen (secondary N) is 1. The molecule has 1 saturated carbocycles. The minimum absolute atomic E-state index is 0.0124. The van der Waals surface area contributed by atoms with Crippen LogP contribution in [0.1, 0.15) is 67.6 Å². The molecule has 0 unspecified atom stereocenters. The fourth-order valence-corrected chi connectivity index (χ4v) is 6.43. The Balaban J connectivity index is 1.67. The number of benzene rings is 1. The van der Waals surface area contributed by atoms with E-state index in [1.54, 1.807) is 6.07 Å². The largest absolute Gasteiger partial charge is 0.475 e. The molecule has 1 aromatic carbocycles. The molecule has 0 saturated heterocycles. The first kappa shape index (κ1) is 27.0. The van der Waals surface area contributed by atoms with Crippen LogP contribution in [0.5, 0.6) is 5.88 Å². The molecule has 4 bridgehead atoms. The van der Waals surface area contributed by atoms with Gasteiger partial charge in [0.25, 0.3) is 15.9 Å². The highest BCUT2D eigenvalue weighted by molar-refractivity contribution is 7.92. The number of fused-ring (bicyclic) bond motifs is 4. The summed E-state index contributed by atoms with van der Waals surface area (Å²) in [6, 6.07) is 7.38. The number of anilines is 1. The van der Waals surface area contributed by atoms with Crippen LogP contribution in [0.2, 0.25) is 0 Å². The van der Waals surface area contributed by atoms with E-state index >= 15 is 0 Å². The van der Waals surface area contributed by atoms with Gasteiger partial charge in [0.1, 0.15) is 12.3 Å². The number of aryl methyl sites for hydroxylation is 2. The Labute approximate surface area is 229 Å². The minimum atomic E-state index is -4.25. The summed E-state index contributed by atoms with van der Waals surface area (Å²) in [6.07, 6.45) is 6.96. The van der Waals surface area contributed by atoms with E-state index < -0.39 is 10.0 Å². The third-order valence-electron chi connectivity index (χ3n) is 7.29. The molecule has 206 valence electrons. The summed E-state index contributed by atoms with van der Waals surface area (Å²) < 4.78 is 35.4. The predicted molar refractivity (Wildman–Crippen MR) is 147 cm³/mol. The first-order valence-electron chi connectivity index (χ1n) is 13.4. The standard InChI is InChI=1S/C28H34N6O4S/c1-17(2)12-21-16-38-24-13-22(26-18(3)8-7-9-19(26)4)31-28(32-24)33-39(36,37)25-15-29-14-23(30-25)27(35)34(21)20-10-5-6-11-20/h7-9,13-15,17,20-21H,5-6,10-12,16H2,1-4H3,(H,31,32,33)/t21-/m1/s1. The Hall–Kier alpha value is -3.60. The second kappa shape index (κ2) is 10.9. The van der Waals surface area contributed by atoms with Gasteiger partial charge in [-0.1, -0.05) is 44.9 Å². The molecular formula is C28H34N6O4S. The third-order valence-corrected chi connectivity index (χ3v) is 8.48. The van der Waals surface area contributed by atoms with Crippen molar-refractivity contribution in [2.75, 3.05) is 11.3 Å². The molecule has 0 radical (unpaired) electrons. The highest BCUT2D eigenvalue weighted by atomic mass is 32.2. The van der Waals surface area contributed by atoms with Gasteiger partial charge >= 0.3 is 0 Å². The summed E-state index contributed by atoms with van der Waals surface area (Å²) in [4.78, 5) is 33.0. The lowest BCUT2D eigenvalue weighted by molar-refractivity contribution is 0.0440. The molecule has 1 amide bonds. The summed E-state index contributed by atoms with van der Waals surface area (Å²) in [6.45, 7) is 8.36. The number of sulfonamides is 1. The van der Waals surface area contributed by atoms with Crippen molar-refractivity contribution in [1.82, 2.24) is 24.8 Å². The number of hydrogen-bond donors (Lipinski definition) is 1. The quantitative estimate of drug-likeness (QED) is 0.501. The summed E-state index contributed by atoms with van der Waals surface area (Å²) in [5, 5.41) is -0.372. The van der Waals surface area contributed by atoms with Gasteiger partial charge in [-0.15, -0.1) is 0 Å². The van der Waals surface area contributed by atoms with Crippen molar-refractivity contribution in [2.45, 2.75) is 76.9 Å². The summed E-state index contributed by atoms with van der Waals surface area (Å²) in [5.41, 5.74) is 3.37. The van der Waals surface area contributed by atoms with Gasteiger partial charge in [-0.3, -0.25) is 9.78 Å². The van der Waals surface area contributed by atoms with Crippen molar-refractivity contribution in [1.29, 1.82) is 0 Å². The van der Waals surface area contributed by atoms with Crippen LogP contribution in [0.15, 0.2) is 41.7 Å². The molecule has 1 fully saturated rings. The normalized spacial score (nSPS) is 19.6. The fraction of sp³-hybridized carbons (Fsp3) is 0.464. The topological polar surface area (TPSA) is 127 Å². The van der Waals surface area contributed by atoms with Gasteiger partial charge in [-0.25, -0.2) is 14.7 Å². The lowest BCUT2D eigenvalue weighted by Gasteiger charge is -2.37. The molecular weight excluding hydrogens is 516 g/mol. The van der Waals surface area contributed by atoms with Crippen molar-refractivity contribution in [3.05, 3.63) is 53.5 Å². The number of carbonyl (C=O) groups excluding carboxylic acids is 1. The molecule has 0 spiro atoms. The zero-order valence-corrected chi connectivity index (χ0v) is 23.5. The highest BCUT2D eigenvalue weighted by Crippen LogP contribution is 2.32. The number of amides is 1. The van der Waals surface area contributed by atoms with Crippen LogP contribution in [-0.2, 0) is 10.0 Å². The molecule has 2 aromatic heterocycles. The number of ether oxygens (including phenoxy) is 1. The Bertz CT molecular complexity index is 1470. The first-order valence-corrected chi connectivity index (χ1v) is 14.9. The molecule has 3 aromatic rings. The van der Waals surface area contributed by atoms with E-state index in [4.69, 9.17) is 4.74 Å².